The summed E-state index contributed by atoms with van der Waals surface area (Å²) >= 11 is 0. The van der Waals surface area contributed by atoms with Crippen molar-refractivity contribution in [1.29, 1.82) is 0 Å². The van der Waals surface area contributed by atoms with E-state index in [9.17, 15) is 14.7 Å². The van der Waals surface area contributed by atoms with Crippen molar-refractivity contribution in [2.75, 3.05) is 12.4 Å². The molecule has 0 saturated heterocycles. The van der Waals surface area contributed by atoms with Crippen LogP contribution in [0.5, 0.6) is 11.5 Å². The zero-order valence-electron chi connectivity index (χ0n) is 14.7. The normalized spacial score (nSPS) is 13.6. The largest absolute Gasteiger partial charge is 0.507 e. The van der Waals surface area contributed by atoms with Crippen LogP contribution < -0.4 is 10.1 Å². The number of hydrogen-bond donors (Lipinski definition) is 2. The van der Waals surface area contributed by atoms with E-state index >= 15 is 0 Å². The number of anilines is 1. The Kier molecular flexibility index (Phi) is 5.11. The molecule has 1 aliphatic rings. The summed E-state index contributed by atoms with van der Waals surface area (Å²) in [6.07, 6.45) is 2.22. The minimum atomic E-state index is -1.00. The highest BCUT2D eigenvalue weighted by Gasteiger charge is 2.22. The third kappa shape index (κ3) is 3.79. The van der Waals surface area contributed by atoms with Crippen LogP contribution in [0.2, 0.25) is 0 Å². The molecule has 0 fully saturated rings. The summed E-state index contributed by atoms with van der Waals surface area (Å²) in [7, 11) is 1.46. The Bertz CT molecular complexity index is 846. The lowest BCUT2D eigenvalue weighted by Crippen LogP contribution is -2.30. The maximum Gasteiger partial charge on any atom is 0.342 e. The lowest BCUT2D eigenvalue weighted by molar-refractivity contribution is -0.123. The molecular formula is C20H21NO5. The first-order valence-corrected chi connectivity index (χ1v) is 8.48. The second kappa shape index (κ2) is 7.47. The number of carbonyl (C=O) groups excluding carboxylic acids is 2. The maximum atomic E-state index is 12.3. The fraction of sp³-hybridized carbons (Fsp3) is 0.300. The van der Waals surface area contributed by atoms with Gasteiger partial charge in [-0.2, -0.15) is 0 Å². The minimum Gasteiger partial charge on any atom is -0.507 e. The molecule has 0 heterocycles. The van der Waals surface area contributed by atoms with Crippen LogP contribution in [0, 0.1) is 0 Å². The molecule has 2 aromatic carbocycles. The van der Waals surface area contributed by atoms with Gasteiger partial charge in [0.1, 0.15) is 17.1 Å². The molecular weight excluding hydrogens is 334 g/mol. The number of aromatic hydroxyl groups is 1. The molecule has 26 heavy (non-hydrogen) atoms. The predicted octanol–water partition coefficient (Wildman–Crippen LogP) is 3.07. The summed E-state index contributed by atoms with van der Waals surface area (Å²) < 4.78 is 10.1. The highest BCUT2D eigenvalue weighted by molar-refractivity contribution is 5.98. The first kappa shape index (κ1) is 17.8. The second-order valence-electron chi connectivity index (χ2n) is 6.26. The Labute approximate surface area is 151 Å². The van der Waals surface area contributed by atoms with E-state index in [1.54, 1.807) is 0 Å². The van der Waals surface area contributed by atoms with Crippen molar-refractivity contribution in [2.24, 2.45) is 0 Å². The van der Waals surface area contributed by atoms with Gasteiger partial charge in [-0.05, 0) is 61.6 Å². The summed E-state index contributed by atoms with van der Waals surface area (Å²) in [6, 6.07) is 10.1. The molecule has 6 nitrogen and oxygen atoms in total. The van der Waals surface area contributed by atoms with E-state index in [0.29, 0.717) is 11.4 Å². The number of rotatable bonds is 5. The van der Waals surface area contributed by atoms with Gasteiger partial charge in [0, 0.05) is 11.8 Å². The molecule has 0 aromatic heterocycles. The monoisotopic (exact) mass is 355 g/mol. The molecule has 1 aliphatic carbocycles. The summed E-state index contributed by atoms with van der Waals surface area (Å²) in [5.41, 5.74) is 3.22. The number of nitrogens with one attached hydrogen (secondary N) is 1. The van der Waals surface area contributed by atoms with Crippen LogP contribution in [0.25, 0.3) is 0 Å². The summed E-state index contributed by atoms with van der Waals surface area (Å²) in [4.78, 5) is 24.5. The van der Waals surface area contributed by atoms with Crippen molar-refractivity contribution in [1.82, 2.24) is 0 Å². The third-order valence-corrected chi connectivity index (χ3v) is 4.44. The van der Waals surface area contributed by atoms with Gasteiger partial charge in [0.25, 0.3) is 5.91 Å². The molecule has 3 rings (SSSR count). The van der Waals surface area contributed by atoms with Gasteiger partial charge < -0.3 is 19.9 Å². The number of benzene rings is 2. The lowest BCUT2D eigenvalue weighted by Gasteiger charge is -2.15. The van der Waals surface area contributed by atoms with Crippen LogP contribution >= 0.6 is 0 Å². The quantitative estimate of drug-likeness (QED) is 0.805. The lowest BCUT2D eigenvalue weighted by atomic mass is 10.1. The highest BCUT2D eigenvalue weighted by Crippen LogP contribution is 2.26. The van der Waals surface area contributed by atoms with E-state index in [2.05, 4.69) is 5.32 Å². The zero-order chi connectivity index (χ0) is 18.7. The SMILES string of the molecule is COc1ccc(C(=O)O[C@H](C)C(=O)Nc2ccc3c(c2)CCC3)c(O)c1. The van der Waals surface area contributed by atoms with Crippen LogP contribution in [0.1, 0.15) is 34.8 Å². The number of phenols is 1. The molecule has 136 valence electrons. The van der Waals surface area contributed by atoms with Crippen molar-refractivity contribution >= 4 is 17.6 Å². The number of ether oxygens (including phenoxy) is 2. The second-order valence-corrected chi connectivity index (χ2v) is 6.26. The van der Waals surface area contributed by atoms with Crippen LogP contribution in [-0.4, -0.2) is 30.2 Å². The fourth-order valence-corrected chi connectivity index (χ4v) is 2.98. The van der Waals surface area contributed by atoms with Crippen molar-refractivity contribution in [3.05, 3.63) is 53.1 Å². The minimum absolute atomic E-state index is 0.0250. The molecule has 2 N–H and O–H groups in total. The Morgan fingerprint density at radius 3 is 2.62 bits per heavy atom. The zero-order valence-corrected chi connectivity index (χ0v) is 14.7. The van der Waals surface area contributed by atoms with Gasteiger partial charge >= 0.3 is 5.97 Å². The molecule has 0 aliphatic heterocycles. The van der Waals surface area contributed by atoms with Gasteiger partial charge in [-0.25, -0.2) is 4.79 Å². The molecule has 1 amide bonds. The number of phenolic OH excluding ortho intramolecular Hbond substituents is 1. The Hall–Kier alpha value is -3.02. The van der Waals surface area contributed by atoms with Gasteiger partial charge in [0.05, 0.1) is 7.11 Å². The standard InChI is InChI=1S/C20H21NO5/c1-12(26-20(24)17-9-8-16(25-2)11-18(17)22)19(23)21-15-7-6-13-4-3-5-14(13)10-15/h6-12,22H,3-5H2,1-2H3,(H,21,23)/t12-/m1/s1. The number of aryl methyl sites for hydroxylation is 2. The fourth-order valence-electron chi connectivity index (χ4n) is 2.98. The number of carbonyl (C=O) groups is 2. The third-order valence-electron chi connectivity index (χ3n) is 4.44. The van der Waals surface area contributed by atoms with Crippen molar-refractivity contribution in [2.45, 2.75) is 32.3 Å². The Morgan fingerprint density at radius 2 is 1.88 bits per heavy atom. The molecule has 0 radical (unpaired) electrons. The van der Waals surface area contributed by atoms with Crippen LogP contribution in [0.3, 0.4) is 0 Å². The van der Waals surface area contributed by atoms with Gasteiger partial charge in [0.2, 0.25) is 0 Å². The van der Waals surface area contributed by atoms with E-state index in [1.807, 2.05) is 18.2 Å². The van der Waals surface area contributed by atoms with E-state index in [4.69, 9.17) is 9.47 Å². The molecule has 0 saturated carbocycles. The first-order valence-electron chi connectivity index (χ1n) is 8.48. The predicted molar refractivity (Wildman–Crippen MR) is 96.6 cm³/mol. The van der Waals surface area contributed by atoms with Crippen molar-refractivity contribution in [3.63, 3.8) is 0 Å². The average molecular weight is 355 g/mol. The number of fused-ring (bicyclic) bond motifs is 1. The number of methoxy groups -OCH3 is 1. The number of esters is 1. The maximum absolute atomic E-state index is 12.3. The molecule has 6 heteroatoms. The first-order chi connectivity index (χ1) is 12.5. The molecule has 0 spiro atoms. The van der Waals surface area contributed by atoms with Crippen molar-refractivity contribution in [3.8, 4) is 11.5 Å². The smallest absolute Gasteiger partial charge is 0.342 e. The van der Waals surface area contributed by atoms with Gasteiger partial charge in [-0.1, -0.05) is 6.07 Å². The molecule has 0 unspecified atom stereocenters. The van der Waals surface area contributed by atoms with E-state index in [0.717, 1.165) is 19.3 Å². The Morgan fingerprint density at radius 1 is 1.12 bits per heavy atom. The van der Waals surface area contributed by atoms with E-state index < -0.39 is 18.0 Å². The number of hydrogen-bond acceptors (Lipinski definition) is 5. The number of amides is 1. The topological polar surface area (TPSA) is 84.9 Å². The van der Waals surface area contributed by atoms with Gasteiger partial charge in [-0.3, -0.25) is 4.79 Å². The van der Waals surface area contributed by atoms with Crippen LogP contribution in [0.15, 0.2) is 36.4 Å². The van der Waals surface area contributed by atoms with Gasteiger partial charge in [-0.15, -0.1) is 0 Å². The van der Waals surface area contributed by atoms with Crippen LogP contribution in [0.4, 0.5) is 5.69 Å². The molecule has 1 atom stereocenters. The van der Waals surface area contributed by atoms with E-state index in [1.165, 1.54) is 43.4 Å². The summed E-state index contributed by atoms with van der Waals surface area (Å²) in [6.45, 7) is 1.49. The van der Waals surface area contributed by atoms with Crippen LogP contribution in [-0.2, 0) is 22.4 Å². The molecule has 0 bridgehead atoms. The summed E-state index contributed by atoms with van der Waals surface area (Å²) in [5.74, 6) is -1.05. The summed E-state index contributed by atoms with van der Waals surface area (Å²) in [5, 5.41) is 12.7. The van der Waals surface area contributed by atoms with E-state index in [-0.39, 0.29) is 11.3 Å². The average Bonchev–Trinajstić information content (AvgIpc) is 3.09. The van der Waals surface area contributed by atoms with Crippen molar-refractivity contribution < 1.29 is 24.2 Å². The molecule has 2 aromatic rings. The van der Waals surface area contributed by atoms with Gasteiger partial charge in [0.15, 0.2) is 6.10 Å². The highest BCUT2D eigenvalue weighted by atomic mass is 16.5. The Balaban J connectivity index is 1.62.